The van der Waals surface area contributed by atoms with E-state index in [0.717, 1.165) is 12.1 Å². The number of carbonyl (C=O) groups excluding carboxylic acids is 2. The minimum atomic E-state index is -0.233. The van der Waals surface area contributed by atoms with Crippen LogP contribution in [0.15, 0.2) is 24.3 Å². The van der Waals surface area contributed by atoms with Crippen molar-refractivity contribution in [3.8, 4) is 0 Å². The summed E-state index contributed by atoms with van der Waals surface area (Å²) in [6.07, 6.45) is 2.10. The number of aryl methyl sites for hydroxylation is 1. The molecule has 1 rings (SSSR count). The molecule has 0 aliphatic carbocycles. The molecule has 0 aliphatic rings. The molecule has 0 bridgehead atoms. The average Bonchev–Trinajstić information content (AvgIpc) is 2.46. The van der Waals surface area contributed by atoms with Gasteiger partial charge in [-0.25, -0.2) is 0 Å². The van der Waals surface area contributed by atoms with Crippen molar-refractivity contribution >= 4 is 17.6 Å². The second kappa shape index (κ2) is 9.16. The van der Waals surface area contributed by atoms with Crippen LogP contribution in [0.3, 0.4) is 0 Å². The molecule has 1 N–H and O–H groups in total. The lowest BCUT2D eigenvalue weighted by Gasteiger charge is -2.08. The highest BCUT2D eigenvalue weighted by molar-refractivity contribution is 5.90. The predicted molar refractivity (Wildman–Crippen MR) is 84.1 cm³/mol. The fraction of sp³-hybridized carbons (Fsp3) is 0.529. The van der Waals surface area contributed by atoms with Gasteiger partial charge in [0.2, 0.25) is 5.91 Å². The fourth-order valence-electron chi connectivity index (χ4n) is 1.77. The van der Waals surface area contributed by atoms with Crippen LogP contribution in [0, 0.1) is 5.92 Å². The SMILES string of the molecule is CCc1ccc(NC(=O)CCCC(=O)OCC(C)C)cc1. The van der Waals surface area contributed by atoms with Crippen molar-refractivity contribution in [2.45, 2.75) is 46.5 Å². The number of rotatable bonds is 8. The third-order valence-electron chi connectivity index (χ3n) is 3.01. The molecule has 116 valence electrons. The number of ether oxygens (including phenoxy) is 1. The van der Waals surface area contributed by atoms with Crippen LogP contribution in [0.5, 0.6) is 0 Å². The molecule has 0 saturated heterocycles. The lowest BCUT2D eigenvalue weighted by Crippen LogP contribution is -2.13. The van der Waals surface area contributed by atoms with E-state index in [9.17, 15) is 9.59 Å². The second-order valence-electron chi connectivity index (χ2n) is 5.53. The molecule has 1 aromatic carbocycles. The van der Waals surface area contributed by atoms with Gasteiger partial charge in [0.25, 0.3) is 0 Å². The Morgan fingerprint density at radius 3 is 2.38 bits per heavy atom. The zero-order valence-corrected chi connectivity index (χ0v) is 13.1. The molecule has 4 heteroatoms. The number of hydrogen-bond donors (Lipinski definition) is 1. The molecule has 0 unspecified atom stereocenters. The Bertz CT molecular complexity index is 452. The summed E-state index contributed by atoms with van der Waals surface area (Å²) in [6.45, 7) is 6.51. The summed E-state index contributed by atoms with van der Waals surface area (Å²) >= 11 is 0. The Labute approximate surface area is 126 Å². The van der Waals surface area contributed by atoms with Crippen molar-refractivity contribution in [2.75, 3.05) is 11.9 Å². The first kappa shape index (κ1) is 17.2. The first-order valence-corrected chi connectivity index (χ1v) is 7.55. The van der Waals surface area contributed by atoms with Gasteiger partial charge < -0.3 is 10.1 Å². The summed E-state index contributed by atoms with van der Waals surface area (Å²) in [7, 11) is 0. The molecule has 0 aliphatic heterocycles. The van der Waals surface area contributed by atoms with Crippen LogP contribution in [0.2, 0.25) is 0 Å². The minimum absolute atomic E-state index is 0.0732. The van der Waals surface area contributed by atoms with Gasteiger partial charge in [0.1, 0.15) is 0 Å². The second-order valence-corrected chi connectivity index (χ2v) is 5.53. The van der Waals surface area contributed by atoms with Gasteiger partial charge >= 0.3 is 5.97 Å². The summed E-state index contributed by atoms with van der Waals surface area (Å²) < 4.78 is 5.06. The zero-order valence-electron chi connectivity index (χ0n) is 13.1. The van der Waals surface area contributed by atoms with Crippen molar-refractivity contribution in [1.29, 1.82) is 0 Å². The van der Waals surface area contributed by atoms with E-state index in [1.165, 1.54) is 5.56 Å². The predicted octanol–water partition coefficient (Wildman–Crippen LogP) is 3.56. The quantitative estimate of drug-likeness (QED) is 0.745. The van der Waals surface area contributed by atoms with Crippen molar-refractivity contribution < 1.29 is 14.3 Å². The van der Waals surface area contributed by atoms with Crippen molar-refractivity contribution in [1.82, 2.24) is 0 Å². The Morgan fingerprint density at radius 1 is 1.14 bits per heavy atom. The summed E-state index contributed by atoms with van der Waals surface area (Å²) in [4.78, 5) is 23.2. The first-order chi connectivity index (χ1) is 10.0. The van der Waals surface area contributed by atoms with Crippen LogP contribution in [0.4, 0.5) is 5.69 Å². The fourth-order valence-corrected chi connectivity index (χ4v) is 1.77. The van der Waals surface area contributed by atoms with Crippen LogP contribution in [0.1, 0.15) is 45.6 Å². The standard InChI is InChI=1S/C17H25NO3/c1-4-14-8-10-15(11-9-14)18-16(19)6-5-7-17(20)21-12-13(2)3/h8-11,13H,4-7,12H2,1-3H3,(H,18,19). The Kier molecular flexibility index (Phi) is 7.51. The number of nitrogens with one attached hydrogen (secondary N) is 1. The van der Waals surface area contributed by atoms with Gasteiger partial charge in [-0.3, -0.25) is 9.59 Å². The Hall–Kier alpha value is -1.84. The molecule has 4 nitrogen and oxygen atoms in total. The summed E-state index contributed by atoms with van der Waals surface area (Å²) in [5, 5.41) is 2.83. The van der Waals surface area contributed by atoms with E-state index in [4.69, 9.17) is 4.74 Å². The van der Waals surface area contributed by atoms with Gasteiger partial charge in [-0.1, -0.05) is 32.9 Å². The van der Waals surface area contributed by atoms with E-state index in [2.05, 4.69) is 12.2 Å². The summed E-state index contributed by atoms with van der Waals surface area (Å²) in [5.74, 6) is 0.0306. The molecule has 0 fully saturated rings. The minimum Gasteiger partial charge on any atom is -0.465 e. The largest absolute Gasteiger partial charge is 0.465 e. The van der Waals surface area contributed by atoms with Crippen LogP contribution in [0.25, 0.3) is 0 Å². The highest BCUT2D eigenvalue weighted by atomic mass is 16.5. The molecular weight excluding hydrogens is 266 g/mol. The maximum Gasteiger partial charge on any atom is 0.305 e. The van der Waals surface area contributed by atoms with E-state index in [1.807, 2.05) is 38.1 Å². The van der Waals surface area contributed by atoms with E-state index >= 15 is 0 Å². The number of esters is 1. The molecule has 1 aromatic rings. The molecule has 0 atom stereocenters. The number of hydrogen-bond acceptors (Lipinski definition) is 3. The molecular formula is C17H25NO3. The van der Waals surface area contributed by atoms with Gasteiger partial charge in [0, 0.05) is 18.5 Å². The molecule has 0 spiro atoms. The number of amides is 1. The van der Waals surface area contributed by atoms with Gasteiger partial charge in [0.05, 0.1) is 6.61 Å². The van der Waals surface area contributed by atoms with E-state index in [-0.39, 0.29) is 18.3 Å². The van der Waals surface area contributed by atoms with E-state index in [1.54, 1.807) is 0 Å². The molecule has 0 heterocycles. The first-order valence-electron chi connectivity index (χ1n) is 7.55. The van der Waals surface area contributed by atoms with Crippen LogP contribution >= 0.6 is 0 Å². The van der Waals surface area contributed by atoms with Crippen molar-refractivity contribution in [3.05, 3.63) is 29.8 Å². The smallest absolute Gasteiger partial charge is 0.305 e. The topological polar surface area (TPSA) is 55.4 Å². The van der Waals surface area contributed by atoms with E-state index < -0.39 is 0 Å². The van der Waals surface area contributed by atoms with Crippen molar-refractivity contribution in [2.24, 2.45) is 5.92 Å². The van der Waals surface area contributed by atoms with Crippen LogP contribution in [-0.2, 0) is 20.7 Å². The highest BCUT2D eigenvalue weighted by Crippen LogP contribution is 2.11. The maximum atomic E-state index is 11.8. The average molecular weight is 291 g/mol. The van der Waals surface area contributed by atoms with E-state index in [0.29, 0.717) is 25.4 Å². The molecule has 0 saturated carbocycles. The molecule has 0 radical (unpaired) electrons. The Morgan fingerprint density at radius 2 is 1.81 bits per heavy atom. The highest BCUT2D eigenvalue weighted by Gasteiger charge is 2.07. The van der Waals surface area contributed by atoms with Crippen LogP contribution in [-0.4, -0.2) is 18.5 Å². The Balaban J connectivity index is 2.23. The molecule has 21 heavy (non-hydrogen) atoms. The monoisotopic (exact) mass is 291 g/mol. The lowest BCUT2D eigenvalue weighted by atomic mass is 10.1. The molecule has 0 aromatic heterocycles. The lowest BCUT2D eigenvalue weighted by molar-refractivity contribution is -0.144. The third-order valence-corrected chi connectivity index (χ3v) is 3.01. The van der Waals surface area contributed by atoms with Gasteiger partial charge in [-0.05, 0) is 36.5 Å². The van der Waals surface area contributed by atoms with Crippen LogP contribution < -0.4 is 5.32 Å². The summed E-state index contributed by atoms with van der Waals surface area (Å²) in [5.41, 5.74) is 2.03. The van der Waals surface area contributed by atoms with Gasteiger partial charge in [-0.2, -0.15) is 0 Å². The number of anilines is 1. The zero-order chi connectivity index (χ0) is 15.7. The normalized spacial score (nSPS) is 10.5. The third kappa shape index (κ3) is 7.49. The van der Waals surface area contributed by atoms with Gasteiger partial charge in [0.15, 0.2) is 0 Å². The number of benzene rings is 1. The molecule has 1 amide bonds. The van der Waals surface area contributed by atoms with Gasteiger partial charge in [-0.15, -0.1) is 0 Å². The number of carbonyl (C=O) groups is 2. The van der Waals surface area contributed by atoms with Crippen molar-refractivity contribution in [3.63, 3.8) is 0 Å². The summed E-state index contributed by atoms with van der Waals surface area (Å²) in [6, 6.07) is 7.79. The maximum absolute atomic E-state index is 11.8.